The average Bonchev–Trinajstić information content (AvgIpc) is 3.14. The molecule has 7 heteroatoms. The van der Waals surface area contributed by atoms with E-state index in [1.807, 2.05) is 29.2 Å². The Kier molecular flexibility index (Phi) is 5.47. The number of nitrogens with zero attached hydrogens (tertiary/aromatic N) is 3. The monoisotopic (exact) mass is 417 g/mol. The van der Waals surface area contributed by atoms with Crippen LogP contribution in [-0.2, 0) is 4.79 Å². The molecule has 0 N–H and O–H groups in total. The van der Waals surface area contributed by atoms with Gasteiger partial charge in [0.05, 0.1) is 11.3 Å². The fourth-order valence-corrected chi connectivity index (χ4v) is 4.09. The van der Waals surface area contributed by atoms with E-state index < -0.39 is 0 Å². The first-order chi connectivity index (χ1) is 13.5. The fourth-order valence-electron chi connectivity index (χ4n) is 3.80. The lowest BCUT2D eigenvalue weighted by molar-refractivity contribution is -0.117. The van der Waals surface area contributed by atoms with E-state index in [1.54, 1.807) is 23.1 Å². The van der Waals surface area contributed by atoms with Crippen molar-refractivity contribution in [2.45, 2.75) is 12.8 Å². The van der Waals surface area contributed by atoms with Crippen LogP contribution in [0.2, 0.25) is 10.0 Å². The average molecular weight is 418 g/mol. The summed E-state index contributed by atoms with van der Waals surface area (Å²) in [6.07, 6.45) is 1.32. The number of piperazine rings is 1. The molecule has 2 amide bonds. The highest BCUT2D eigenvalue weighted by molar-refractivity contribution is 6.31. The topological polar surface area (TPSA) is 43.9 Å². The first kappa shape index (κ1) is 19.1. The van der Waals surface area contributed by atoms with E-state index in [1.165, 1.54) is 0 Å². The fraction of sp³-hybridized carbons (Fsp3) is 0.333. The van der Waals surface area contributed by atoms with Crippen LogP contribution in [0.15, 0.2) is 42.5 Å². The number of carbonyl (C=O) groups is 2. The van der Waals surface area contributed by atoms with Gasteiger partial charge >= 0.3 is 0 Å². The van der Waals surface area contributed by atoms with Crippen molar-refractivity contribution >= 4 is 46.4 Å². The van der Waals surface area contributed by atoms with Gasteiger partial charge in [-0.3, -0.25) is 9.59 Å². The zero-order chi connectivity index (χ0) is 19.7. The maximum absolute atomic E-state index is 13.2. The molecule has 2 heterocycles. The lowest BCUT2D eigenvalue weighted by Crippen LogP contribution is -2.49. The maximum Gasteiger partial charge on any atom is 0.256 e. The Labute approximate surface area is 174 Å². The van der Waals surface area contributed by atoms with Crippen molar-refractivity contribution in [3.63, 3.8) is 0 Å². The lowest BCUT2D eigenvalue weighted by Gasteiger charge is -2.36. The second-order valence-corrected chi connectivity index (χ2v) is 7.94. The van der Waals surface area contributed by atoms with Gasteiger partial charge in [0.1, 0.15) is 0 Å². The summed E-state index contributed by atoms with van der Waals surface area (Å²) in [6.45, 7) is 3.37. The zero-order valence-electron chi connectivity index (χ0n) is 15.4. The summed E-state index contributed by atoms with van der Waals surface area (Å²) in [6, 6.07) is 12.9. The van der Waals surface area contributed by atoms with Crippen LogP contribution in [0.3, 0.4) is 0 Å². The molecule has 2 aromatic carbocycles. The standard InChI is InChI=1S/C21H21Cl2N3O2/c22-15-3-6-17(7-4-15)24-10-12-25(13-11-24)21(28)18-8-5-16(23)14-19(18)26-9-1-2-20(26)27/h3-8,14H,1-2,9-13H2. The molecule has 2 saturated heterocycles. The molecule has 146 valence electrons. The summed E-state index contributed by atoms with van der Waals surface area (Å²) in [5.74, 6) is -0.00834. The van der Waals surface area contributed by atoms with Crippen molar-refractivity contribution in [3.05, 3.63) is 58.1 Å². The minimum Gasteiger partial charge on any atom is -0.368 e. The van der Waals surface area contributed by atoms with E-state index in [9.17, 15) is 9.59 Å². The lowest BCUT2D eigenvalue weighted by atomic mass is 10.1. The largest absolute Gasteiger partial charge is 0.368 e. The molecule has 28 heavy (non-hydrogen) atoms. The van der Waals surface area contributed by atoms with Crippen LogP contribution >= 0.6 is 23.2 Å². The van der Waals surface area contributed by atoms with Crippen LogP contribution in [0.1, 0.15) is 23.2 Å². The summed E-state index contributed by atoms with van der Waals surface area (Å²) in [4.78, 5) is 31.2. The van der Waals surface area contributed by atoms with Crippen molar-refractivity contribution in [2.24, 2.45) is 0 Å². The molecule has 2 aliphatic heterocycles. The molecular formula is C21H21Cl2N3O2. The summed E-state index contributed by atoms with van der Waals surface area (Å²) in [5.41, 5.74) is 2.27. The van der Waals surface area contributed by atoms with Crippen molar-refractivity contribution in [2.75, 3.05) is 42.5 Å². The van der Waals surface area contributed by atoms with Gasteiger partial charge in [-0.15, -0.1) is 0 Å². The van der Waals surface area contributed by atoms with Gasteiger partial charge in [0, 0.05) is 54.9 Å². The van der Waals surface area contributed by atoms with Gasteiger partial charge < -0.3 is 14.7 Å². The molecular weight excluding hydrogens is 397 g/mol. The summed E-state index contributed by atoms with van der Waals surface area (Å²) in [5, 5.41) is 1.24. The number of amides is 2. The van der Waals surface area contributed by atoms with Crippen molar-refractivity contribution in [1.82, 2.24) is 4.90 Å². The first-order valence-corrected chi connectivity index (χ1v) is 10.2. The summed E-state index contributed by atoms with van der Waals surface area (Å²) in [7, 11) is 0. The molecule has 0 bridgehead atoms. The van der Waals surface area contributed by atoms with E-state index in [0.717, 1.165) is 25.2 Å². The van der Waals surface area contributed by atoms with Crippen molar-refractivity contribution in [1.29, 1.82) is 0 Å². The third kappa shape index (κ3) is 3.82. The Morgan fingerprint density at radius 2 is 1.54 bits per heavy atom. The quantitative estimate of drug-likeness (QED) is 0.755. The van der Waals surface area contributed by atoms with Crippen LogP contribution in [0, 0.1) is 0 Å². The predicted octanol–water partition coefficient (Wildman–Crippen LogP) is 4.08. The Balaban J connectivity index is 1.50. The molecule has 0 unspecified atom stereocenters. The van der Waals surface area contributed by atoms with Crippen molar-refractivity contribution < 1.29 is 9.59 Å². The SMILES string of the molecule is O=C(c1ccc(Cl)cc1N1CCCC1=O)N1CCN(c2ccc(Cl)cc2)CC1. The highest BCUT2D eigenvalue weighted by Gasteiger charge is 2.29. The minimum absolute atomic E-state index is 0.0453. The minimum atomic E-state index is -0.0536. The van der Waals surface area contributed by atoms with Gasteiger partial charge in [0.2, 0.25) is 5.91 Å². The first-order valence-electron chi connectivity index (χ1n) is 9.42. The van der Waals surface area contributed by atoms with Gasteiger partial charge in [-0.2, -0.15) is 0 Å². The Hall–Kier alpha value is -2.24. The number of carbonyl (C=O) groups excluding carboxylic acids is 2. The molecule has 2 aliphatic rings. The molecule has 0 saturated carbocycles. The van der Waals surface area contributed by atoms with Crippen molar-refractivity contribution in [3.8, 4) is 0 Å². The number of hydrogen-bond acceptors (Lipinski definition) is 3. The molecule has 2 aromatic rings. The molecule has 2 fully saturated rings. The van der Waals surface area contributed by atoms with E-state index >= 15 is 0 Å². The predicted molar refractivity (Wildman–Crippen MR) is 113 cm³/mol. The van der Waals surface area contributed by atoms with Crippen LogP contribution in [0.25, 0.3) is 0 Å². The summed E-state index contributed by atoms with van der Waals surface area (Å²) < 4.78 is 0. The van der Waals surface area contributed by atoms with E-state index in [0.29, 0.717) is 47.4 Å². The molecule has 0 aromatic heterocycles. The van der Waals surface area contributed by atoms with Gasteiger partial charge in [-0.1, -0.05) is 23.2 Å². The van der Waals surface area contributed by atoms with E-state index in [2.05, 4.69) is 4.90 Å². The van der Waals surface area contributed by atoms with Gasteiger partial charge in [-0.25, -0.2) is 0 Å². The number of benzene rings is 2. The third-order valence-electron chi connectivity index (χ3n) is 5.31. The van der Waals surface area contributed by atoms with Gasteiger partial charge in [-0.05, 0) is 48.9 Å². The zero-order valence-corrected chi connectivity index (χ0v) is 16.9. The summed E-state index contributed by atoms with van der Waals surface area (Å²) >= 11 is 12.1. The van der Waals surface area contributed by atoms with E-state index in [-0.39, 0.29) is 11.8 Å². The molecule has 5 nitrogen and oxygen atoms in total. The van der Waals surface area contributed by atoms with Gasteiger partial charge in [0.25, 0.3) is 5.91 Å². The second kappa shape index (κ2) is 8.02. The second-order valence-electron chi connectivity index (χ2n) is 7.07. The molecule has 0 aliphatic carbocycles. The van der Waals surface area contributed by atoms with Crippen LogP contribution in [0.4, 0.5) is 11.4 Å². The maximum atomic E-state index is 13.2. The Morgan fingerprint density at radius 3 is 2.18 bits per heavy atom. The Bertz CT molecular complexity index is 893. The third-order valence-corrected chi connectivity index (χ3v) is 5.80. The smallest absolute Gasteiger partial charge is 0.256 e. The van der Waals surface area contributed by atoms with Gasteiger partial charge in [0.15, 0.2) is 0 Å². The Morgan fingerprint density at radius 1 is 0.857 bits per heavy atom. The molecule has 0 radical (unpaired) electrons. The molecule has 0 atom stereocenters. The van der Waals surface area contributed by atoms with Crippen LogP contribution < -0.4 is 9.80 Å². The normalized spacial score (nSPS) is 17.4. The van der Waals surface area contributed by atoms with Crippen LogP contribution in [0.5, 0.6) is 0 Å². The molecule has 0 spiro atoms. The number of anilines is 2. The molecule has 4 rings (SSSR count). The highest BCUT2D eigenvalue weighted by Crippen LogP contribution is 2.30. The number of halogens is 2. The van der Waals surface area contributed by atoms with Crippen LogP contribution in [-0.4, -0.2) is 49.4 Å². The number of rotatable bonds is 3. The highest BCUT2D eigenvalue weighted by atomic mass is 35.5. The van der Waals surface area contributed by atoms with E-state index in [4.69, 9.17) is 23.2 Å². The number of hydrogen-bond donors (Lipinski definition) is 0.